The van der Waals surface area contributed by atoms with Gasteiger partial charge >= 0.3 is 0 Å². The summed E-state index contributed by atoms with van der Waals surface area (Å²) >= 11 is 0. The van der Waals surface area contributed by atoms with Gasteiger partial charge in [0.05, 0.1) is 6.10 Å². The standard InChI is InChI=1S/C17H33NO/c1-3-4-5-10-13-19-16-14-15(18-2)17(16)11-8-6-7-9-12-17/h15-16,18H,3-14H2,1-2H3. The van der Waals surface area contributed by atoms with Crippen molar-refractivity contribution in [2.75, 3.05) is 13.7 Å². The average Bonchev–Trinajstić information content (AvgIpc) is 2.69. The molecular weight excluding hydrogens is 234 g/mol. The van der Waals surface area contributed by atoms with E-state index in [1.165, 1.54) is 70.6 Å². The van der Waals surface area contributed by atoms with E-state index in [-0.39, 0.29) is 0 Å². The van der Waals surface area contributed by atoms with Crippen LogP contribution in [0.4, 0.5) is 0 Å². The maximum absolute atomic E-state index is 6.27. The summed E-state index contributed by atoms with van der Waals surface area (Å²) in [7, 11) is 2.13. The van der Waals surface area contributed by atoms with Crippen LogP contribution < -0.4 is 5.32 Å². The Labute approximate surface area is 119 Å². The predicted octanol–water partition coefficient (Wildman–Crippen LogP) is 4.28. The first-order chi connectivity index (χ1) is 9.33. The Kier molecular flexibility index (Phi) is 6.15. The Balaban J connectivity index is 1.79. The fourth-order valence-electron chi connectivity index (χ4n) is 4.20. The second kappa shape index (κ2) is 7.64. The van der Waals surface area contributed by atoms with Gasteiger partial charge < -0.3 is 10.1 Å². The molecule has 2 nitrogen and oxygen atoms in total. The first-order valence-electron chi connectivity index (χ1n) is 8.62. The zero-order valence-electron chi connectivity index (χ0n) is 13.0. The largest absolute Gasteiger partial charge is 0.378 e. The van der Waals surface area contributed by atoms with Gasteiger partial charge in [-0.25, -0.2) is 0 Å². The molecule has 0 bridgehead atoms. The molecule has 0 heterocycles. The molecule has 2 atom stereocenters. The number of nitrogens with one attached hydrogen (secondary N) is 1. The molecule has 0 aromatic heterocycles. The van der Waals surface area contributed by atoms with Crippen LogP contribution in [0.25, 0.3) is 0 Å². The van der Waals surface area contributed by atoms with Crippen LogP contribution in [-0.2, 0) is 4.74 Å². The van der Waals surface area contributed by atoms with E-state index in [0.717, 1.165) is 6.61 Å². The first kappa shape index (κ1) is 15.3. The lowest BCUT2D eigenvalue weighted by Gasteiger charge is -2.56. The van der Waals surface area contributed by atoms with Crippen LogP contribution in [-0.4, -0.2) is 25.8 Å². The highest BCUT2D eigenvalue weighted by molar-refractivity contribution is 5.07. The fraction of sp³-hybridized carbons (Fsp3) is 1.00. The smallest absolute Gasteiger partial charge is 0.0661 e. The van der Waals surface area contributed by atoms with Crippen molar-refractivity contribution in [1.29, 1.82) is 0 Å². The topological polar surface area (TPSA) is 21.3 Å². The van der Waals surface area contributed by atoms with Crippen molar-refractivity contribution in [2.45, 2.75) is 89.7 Å². The maximum atomic E-state index is 6.27. The van der Waals surface area contributed by atoms with Crippen LogP contribution >= 0.6 is 0 Å². The molecule has 2 heteroatoms. The first-order valence-corrected chi connectivity index (χ1v) is 8.62. The lowest BCUT2D eigenvalue weighted by molar-refractivity contribution is -0.142. The molecule has 0 aromatic carbocycles. The van der Waals surface area contributed by atoms with Crippen LogP contribution in [0.2, 0.25) is 0 Å². The van der Waals surface area contributed by atoms with Gasteiger partial charge in [0.15, 0.2) is 0 Å². The predicted molar refractivity (Wildman–Crippen MR) is 81.5 cm³/mol. The summed E-state index contributed by atoms with van der Waals surface area (Å²) in [5, 5.41) is 3.55. The van der Waals surface area contributed by atoms with Crippen molar-refractivity contribution in [1.82, 2.24) is 5.32 Å². The molecule has 2 aliphatic carbocycles. The molecule has 1 spiro atoms. The Bertz CT molecular complexity index is 246. The van der Waals surface area contributed by atoms with Crippen molar-refractivity contribution < 1.29 is 4.74 Å². The molecule has 0 amide bonds. The summed E-state index contributed by atoms with van der Waals surface area (Å²) < 4.78 is 6.27. The molecule has 0 saturated heterocycles. The van der Waals surface area contributed by atoms with Gasteiger partial charge in [-0.3, -0.25) is 0 Å². The molecule has 2 saturated carbocycles. The van der Waals surface area contributed by atoms with Gasteiger partial charge in [-0.05, 0) is 32.7 Å². The third-order valence-electron chi connectivity index (χ3n) is 5.48. The van der Waals surface area contributed by atoms with E-state index in [4.69, 9.17) is 4.74 Å². The Hall–Kier alpha value is -0.0800. The van der Waals surface area contributed by atoms with E-state index in [0.29, 0.717) is 17.6 Å². The lowest BCUT2D eigenvalue weighted by Crippen LogP contribution is -2.63. The average molecular weight is 267 g/mol. The SMILES string of the molecule is CCCCCCOC1CC(NC)C12CCCCCC2. The van der Waals surface area contributed by atoms with E-state index in [9.17, 15) is 0 Å². The van der Waals surface area contributed by atoms with Crippen molar-refractivity contribution in [3.8, 4) is 0 Å². The third-order valence-corrected chi connectivity index (χ3v) is 5.48. The Morgan fingerprint density at radius 2 is 1.79 bits per heavy atom. The van der Waals surface area contributed by atoms with Crippen molar-refractivity contribution in [3.05, 3.63) is 0 Å². The number of ether oxygens (including phenoxy) is 1. The van der Waals surface area contributed by atoms with Crippen LogP contribution in [0.15, 0.2) is 0 Å². The summed E-state index contributed by atoms with van der Waals surface area (Å²) in [6, 6.07) is 0.714. The summed E-state index contributed by atoms with van der Waals surface area (Å²) in [5.41, 5.74) is 0.482. The zero-order valence-corrected chi connectivity index (χ0v) is 13.0. The Morgan fingerprint density at radius 1 is 1.05 bits per heavy atom. The maximum Gasteiger partial charge on any atom is 0.0661 e. The quantitative estimate of drug-likeness (QED) is 0.695. The molecule has 112 valence electrons. The van der Waals surface area contributed by atoms with E-state index in [1.54, 1.807) is 0 Å². The van der Waals surface area contributed by atoms with Gasteiger partial charge in [0.2, 0.25) is 0 Å². The molecule has 1 N–H and O–H groups in total. The molecule has 0 aliphatic heterocycles. The van der Waals surface area contributed by atoms with Crippen molar-refractivity contribution in [3.63, 3.8) is 0 Å². The normalized spacial score (nSPS) is 30.0. The lowest BCUT2D eigenvalue weighted by atomic mass is 9.58. The second-order valence-corrected chi connectivity index (χ2v) is 6.64. The van der Waals surface area contributed by atoms with E-state index < -0.39 is 0 Å². The summed E-state index contributed by atoms with van der Waals surface area (Å²) in [6.45, 7) is 3.26. The van der Waals surface area contributed by atoms with Crippen LogP contribution in [0.5, 0.6) is 0 Å². The zero-order chi connectivity index (χ0) is 13.6. The van der Waals surface area contributed by atoms with Gasteiger partial charge in [0.1, 0.15) is 0 Å². The Morgan fingerprint density at radius 3 is 2.42 bits per heavy atom. The van der Waals surface area contributed by atoms with Gasteiger partial charge in [-0.1, -0.05) is 51.9 Å². The number of unbranched alkanes of at least 4 members (excludes halogenated alkanes) is 3. The fourth-order valence-corrected chi connectivity index (χ4v) is 4.20. The second-order valence-electron chi connectivity index (χ2n) is 6.64. The van der Waals surface area contributed by atoms with Gasteiger partial charge in [-0.2, -0.15) is 0 Å². The summed E-state index contributed by atoms with van der Waals surface area (Å²) in [5.74, 6) is 0. The minimum absolute atomic E-state index is 0.482. The molecule has 0 radical (unpaired) electrons. The van der Waals surface area contributed by atoms with Crippen molar-refractivity contribution >= 4 is 0 Å². The molecule has 19 heavy (non-hydrogen) atoms. The molecule has 2 unspecified atom stereocenters. The van der Waals surface area contributed by atoms with Gasteiger partial charge in [0.25, 0.3) is 0 Å². The number of hydrogen-bond acceptors (Lipinski definition) is 2. The number of hydrogen-bond donors (Lipinski definition) is 1. The molecular formula is C17H33NO. The monoisotopic (exact) mass is 267 g/mol. The van der Waals surface area contributed by atoms with Crippen LogP contribution in [0.1, 0.15) is 77.6 Å². The van der Waals surface area contributed by atoms with E-state index in [2.05, 4.69) is 19.3 Å². The van der Waals surface area contributed by atoms with E-state index >= 15 is 0 Å². The minimum atomic E-state index is 0.482. The van der Waals surface area contributed by atoms with Gasteiger partial charge in [0, 0.05) is 18.1 Å². The third kappa shape index (κ3) is 3.52. The summed E-state index contributed by atoms with van der Waals surface area (Å²) in [4.78, 5) is 0. The highest BCUT2D eigenvalue weighted by Gasteiger charge is 2.54. The molecule has 2 rings (SSSR count). The van der Waals surface area contributed by atoms with Crippen LogP contribution in [0.3, 0.4) is 0 Å². The highest BCUT2D eigenvalue weighted by atomic mass is 16.5. The van der Waals surface area contributed by atoms with Crippen LogP contribution in [0, 0.1) is 5.41 Å². The highest BCUT2D eigenvalue weighted by Crippen LogP contribution is 2.52. The van der Waals surface area contributed by atoms with Gasteiger partial charge in [-0.15, -0.1) is 0 Å². The molecule has 0 aromatic rings. The molecule has 2 fully saturated rings. The minimum Gasteiger partial charge on any atom is -0.378 e. The summed E-state index contributed by atoms with van der Waals surface area (Å²) in [6.07, 6.45) is 15.5. The molecule has 2 aliphatic rings. The number of rotatable bonds is 7. The van der Waals surface area contributed by atoms with Crippen molar-refractivity contribution in [2.24, 2.45) is 5.41 Å². The van der Waals surface area contributed by atoms with E-state index in [1.807, 2.05) is 0 Å².